The van der Waals surface area contributed by atoms with Crippen molar-refractivity contribution in [1.29, 1.82) is 0 Å². The average Bonchev–Trinajstić information content (AvgIpc) is 3.29. The molecule has 1 amide bonds. The van der Waals surface area contributed by atoms with E-state index in [1.807, 2.05) is 12.3 Å². The van der Waals surface area contributed by atoms with Crippen molar-refractivity contribution in [3.63, 3.8) is 0 Å². The van der Waals surface area contributed by atoms with Gasteiger partial charge in [-0.25, -0.2) is 0 Å². The van der Waals surface area contributed by atoms with Gasteiger partial charge in [-0.05, 0) is 16.8 Å². The number of carbonyl (C=O) groups is 1. The van der Waals surface area contributed by atoms with Gasteiger partial charge in [0.2, 0.25) is 5.76 Å². The summed E-state index contributed by atoms with van der Waals surface area (Å²) in [6.07, 6.45) is 3.66. The van der Waals surface area contributed by atoms with Crippen LogP contribution in [-0.2, 0) is 11.3 Å². The van der Waals surface area contributed by atoms with Gasteiger partial charge in [0.1, 0.15) is 0 Å². The number of morpholine rings is 1. The first kappa shape index (κ1) is 16.0. The first-order valence-corrected chi connectivity index (χ1v) is 8.29. The number of hydrogen-bond acceptors (Lipinski definition) is 7. The summed E-state index contributed by atoms with van der Waals surface area (Å²) in [4.78, 5) is 20.9. The highest BCUT2D eigenvalue weighted by atomic mass is 16.5. The topological polar surface area (TPSA) is 80.9 Å². The minimum Gasteiger partial charge on any atom is -0.479 e. The molecule has 0 aliphatic carbocycles. The second-order valence-corrected chi connectivity index (χ2v) is 6.25. The van der Waals surface area contributed by atoms with Crippen molar-refractivity contribution in [3.05, 3.63) is 41.9 Å². The Morgan fingerprint density at radius 1 is 1.44 bits per heavy atom. The number of methoxy groups -OCH3 is 1. The Balaban J connectivity index is 1.46. The van der Waals surface area contributed by atoms with Crippen molar-refractivity contribution < 1.29 is 18.8 Å². The molecule has 2 aromatic rings. The second kappa shape index (κ2) is 6.81. The number of aromatic nitrogens is 2. The minimum absolute atomic E-state index is 0.0131. The molecule has 2 aliphatic rings. The Labute approximate surface area is 145 Å². The van der Waals surface area contributed by atoms with Gasteiger partial charge in [0, 0.05) is 38.6 Å². The number of pyridine rings is 1. The molecule has 0 aromatic carbocycles. The Morgan fingerprint density at radius 2 is 2.36 bits per heavy atom. The predicted octanol–water partition coefficient (Wildman–Crippen LogP) is 0.804. The molecule has 2 saturated heterocycles. The first-order valence-electron chi connectivity index (χ1n) is 8.29. The van der Waals surface area contributed by atoms with Gasteiger partial charge in [0.25, 0.3) is 11.8 Å². The fourth-order valence-electron chi connectivity index (χ4n) is 3.46. The average molecular weight is 344 g/mol. The van der Waals surface area contributed by atoms with Crippen LogP contribution in [0.1, 0.15) is 16.1 Å². The molecule has 8 heteroatoms. The van der Waals surface area contributed by atoms with E-state index in [9.17, 15) is 4.79 Å². The Bertz CT molecular complexity index is 735. The molecule has 4 heterocycles. The monoisotopic (exact) mass is 344 g/mol. The van der Waals surface area contributed by atoms with Crippen molar-refractivity contribution in [2.24, 2.45) is 0 Å². The number of hydrogen-bond donors (Lipinski definition) is 0. The lowest BCUT2D eigenvalue weighted by molar-refractivity contribution is -0.0503. The molecule has 0 N–H and O–H groups in total. The molecule has 2 aliphatic heterocycles. The summed E-state index contributed by atoms with van der Waals surface area (Å²) in [5.74, 6) is 0.304. The van der Waals surface area contributed by atoms with E-state index >= 15 is 0 Å². The van der Waals surface area contributed by atoms with Crippen molar-refractivity contribution in [2.75, 3.05) is 33.4 Å². The summed E-state index contributed by atoms with van der Waals surface area (Å²) in [6, 6.07) is 5.69. The number of fused-ring (bicyclic) bond motifs is 1. The van der Waals surface area contributed by atoms with E-state index in [0.717, 1.165) is 18.7 Å². The standard InChI is InChI=1S/C17H20N4O4/c1-23-16-7-14(25-19-16)17(22)21-10-13-15(11-21)24-6-5-20(13)9-12-3-2-4-18-8-12/h2-4,7-8,13,15H,5-6,9-11H2,1H3/t13-,15+/m1/s1. The van der Waals surface area contributed by atoms with Crippen molar-refractivity contribution >= 4 is 5.91 Å². The van der Waals surface area contributed by atoms with E-state index < -0.39 is 0 Å². The zero-order valence-electron chi connectivity index (χ0n) is 14.0. The van der Waals surface area contributed by atoms with E-state index in [4.69, 9.17) is 14.0 Å². The Hall–Kier alpha value is -2.45. The molecular formula is C17H20N4O4. The molecule has 2 aromatic heterocycles. The maximum absolute atomic E-state index is 12.6. The van der Waals surface area contributed by atoms with Gasteiger partial charge >= 0.3 is 0 Å². The quantitative estimate of drug-likeness (QED) is 0.811. The van der Waals surface area contributed by atoms with Crippen LogP contribution in [0.4, 0.5) is 0 Å². The van der Waals surface area contributed by atoms with E-state index in [1.165, 1.54) is 13.2 Å². The van der Waals surface area contributed by atoms with E-state index in [0.29, 0.717) is 25.6 Å². The molecule has 0 unspecified atom stereocenters. The van der Waals surface area contributed by atoms with Crippen LogP contribution in [-0.4, -0.2) is 71.3 Å². The summed E-state index contributed by atoms with van der Waals surface area (Å²) in [5, 5.41) is 3.70. The normalized spacial score (nSPS) is 23.5. The van der Waals surface area contributed by atoms with Gasteiger partial charge in [-0.1, -0.05) is 6.07 Å². The number of likely N-dealkylation sites (tertiary alicyclic amines) is 1. The van der Waals surface area contributed by atoms with Crippen molar-refractivity contribution in [2.45, 2.75) is 18.7 Å². The van der Waals surface area contributed by atoms with Crippen LogP contribution >= 0.6 is 0 Å². The van der Waals surface area contributed by atoms with Crippen molar-refractivity contribution in [1.82, 2.24) is 19.9 Å². The predicted molar refractivity (Wildman–Crippen MR) is 87.1 cm³/mol. The third-order valence-corrected chi connectivity index (χ3v) is 4.72. The first-order chi connectivity index (χ1) is 12.2. The lowest BCUT2D eigenvalue weighted by Gasteiger charge is -2.36. The second-order valence-electron chi connectivity index (χ2n) is 6.25. The van der Waals surface area contributed by atoms with E-state index in [1.54, 1.807) is 11.1 Å². The lowest BCUT2D eigenvalue weighted by atomic mass is 10.1. The fraction of sp³-hybridized carbons (Fsp3) is 0.471. The fourth-order valence-corrected chi connectivity index (χ4v) is 3.46. The summed E-state index contributed by atoms with van der Waals surface area (Å²) in [5.41, 5.74) is 1.16. The molecule has 0 saturated carbocycles. The van der Waals surface area contributed by atoms with Crippen LogP contribution in [0.2, 0.25) is 0 Å². The zero-order chi connectivity index (χ0) is 17.2. The largest absolute Gasteiger partial charge is 0.479 e. The van der Waals surface area contributed by atoms with Gasteiger partial charge < -0.3 is 18.9 Å². The zero-order valence-corrected chi connectivity index (χ0v) is 14.0. The number of nitrogens with zero attached hydrogens (tertiary/aromatic N) is 4. The summed E-state index contributed by atoms with van der Waals surface area (Å²) < 4.78 is 15.9. The number of rotatable bonds is 4. The Morgan fingerprint density at radius 3 is 3.12 bits per heavy atom. The molecule has 0 radical (unpaired) electrons. The van der Waals surface area contributed by atoms with E-state index in [-0.39, 0.29) is 23.8 Å². The maximum atomic E-state index is 12.6. The SMILES string of the molecule is COc1cc(C(=O)N2C[C@@H]3OCCN(Cc4cccnc4)[C@@H]3C2)on1. The molecule has 8 nitrogen and oxygen atoms in total. The van der Waals surface area contributed by atoms with Gasteiger partial charge in [0.05, 0.1) is 31.9 Å². The summed E-state index contributed by atoms with van der Waals surface area (Å²) >= 11 is 0. The van der Waals surface area contributed by atoms with Crippen LogP contribution in [0.5, 0.6) is 5.88 Å². The summed E-state index contributed by atoms with van der Waals surface area (Å²) in [6.45, 7) is 3.47. The smallest absolute Gasteiger partial charge is 0.292 e. The molecule has 2 atom stereocenters. The highest BCUT2D eigenvalue weighted by Crippen LogP contribution is 2.26. The van der Waals surface area contributed by atoms with Crippen LogP contribution in [0, 0.1) is 0 Å². The highest BCUT2D eigenvalue weighted by Gasteiger charge is 2.42. The van der Waals surface area contributed by atoms with Crippen LogP contribution in [0.15, 0.2) is 35.1 Å². The van der Waals surface area contributed by atoms with Crippen molar-refractivity contribution in [3.8, 4) is 5.88 Å². The molecule has 0 spiro atoms. The summed E-state index contributed by atoms with van der Waals surface area (Å²) in [7, 11) is 1.49. The van der Waals surface area contributed by atoms with Crippen LogP contribution < -0.4 is 4.74 Å². The van der Waals surface area contributed by atoms with Gasteiger partial charge in [-0.15, -0.1) is 0 Å². The third-order valence-electron chi connectivity index (χ3n) is 4.72. The minimum atomic E-state index is -0.185. The van der Waals surface area contributed by atoms with Gasteiger partial charge in [0.15, 0.2) is 0 Å². The van der Waals surface area contributed by atoms with Crippen LogP contribution in [0.3, 0.4) is 0 Å². The lowest BCUT2D eigenvalue weighted by Crippen LogP contribution is -2.50. The maximum Gasteiger partial charge on any atom is 0.292 e. The molecule has 0 bridgehead atoms. The number of ether oxygens (including phenoxy) is 2. The third kappa shape index (κ3) is 3.22. The molecule has 25 heavy (non-hydrogen) atoms. The highest BCUT2D eigenvalue weighted by molar-refractivity contribution is 5.92. The molecule has 132 valence electrons. The molecule has 2 fully saturated rings. The van der Waals surface area contributed by atoms with Gasteiger partial charge in [-0.2, -0.15) is 0 Å². The van der Waals surface area contributed by atoms with E-state index in [2.05, 4.69) is 21.1 Å². The number of carbonyl (C=O) groups excluding carboxylic acids is 1. The Kier molecular flexibility index (Phi) is 4.37. The number of amides is 1. The molecule has 4 rings (SSSR count). The van der Waals surface area contributed by atoms with Crippen LogP contribution in [0.25, 0.3) is 0 Å². The van der Waals surface area contributed by atoms with Gasteiger partial charge in [-0.3, -0.25) is 14.7 Å². The molecular weight excluding hydrogens is 324 g/mol.